The van der Waals surface area contributed by atoms with Gasteiger partial charge in [-0.05, 0) is 24.7 Å². The predicted molar refractivity (Wildman–Crippen MR) is 70.5 cm³/mol. The van der Waals surface area contributed by atoms with Gasteiger partial charge in [0.05, 0.1) is 0 Å². The van der Waals surface area contributed by atoms with Gasteiger partial charge in [0.25, 0.3) is 5.56 Å². The summed E-state index contributed by atoms with van der Waals surface area (Å²) in [6.07, 6.45) is 7.88. The number of aromatic nitrogens is 2. The fourth-order valence-electron chi connectivity index (χ4n) is 2.64. The number of aliphatic hydroxyl groups is 1. The number of nitrogens with zero attached hydrogens (tertiary/aromatic N) is 2. The number of hydrogen-bond acceptors (Lipinski definition) is 4. The third-order valence-corrected chi connectivity index (χ3v) is 3.85. The normalized spacial score (nSPS) is 23.9. The van der Waals surface area contributed by atoms with E-state index in [0.29, 0.717) is 17.7 Å². The number of aliphatic hydroxyl groups excluding tert-OH is 1. The van der Waals surface area contributed by atoms with E-state index >= 15 is 0 Å². The summed E-state index contributed by atoms with van der Waals surface area (Å²) in [6.45, 7) is 0.962. The van der Waals surface area contributed by atoms with E-state index in [-0.39, 0.29) is 12.2 Å². The van der Waals surface area contributed by atoms with Gasteiger partial charge in [0.2, 0.25) is 0 Å². The first-order valence-corrected chi connectivity index (χ1v) is 6.58. The van der Waals surface area contributed by atoms with E-state index in [1.54, 1.807) is 19.4 Å². The summed E-state index contributed by atoms with van der Waals surface area (Å²) in [5.74, 6) is 1.21. The first-order chi connectivity index (χ1) is 8.72. The van der Waals surface area contributed by atoms with E-state index in [1.807, 2.05) is 0 Å². The number of rotatable bonds is 4. The molecule has 0 aliphatic heterocycles. The van der Waals surface area contributed by atoms with E-state index < -0.39 is 0 Å². The molecule has 1 heterocycles. The third-order valence-electron chi connectivity index (χ3n) is 3.85. The lowest BCUT2D eigenvalue weighted by molar-refractivity contribution is 0.141. The molecule has 2 unspecified atom stereocenters. The summed E-state index contributed by atoms with van der Waals surface area (Å²) in [7, 11) is 1.71. The van der Waals surface area contributed by atoms with Crippen LogP contribution in [0.5, 0.6) is 0 Å². The van der Waals surface area contributed by atoms with E-state index in [1.165, 1.54) is 17.4 Å². The molecule has 2 N–H and O–H groups in total. The Morgan fingerprint density at radius 1 is 1.44 bits per heavy atom. The fraction of sp³-hybridized carbons (Fsp3) is 0.692. The molecular formula is C13H21N3O2. The van der Waals surface area contributed by atoms with Crippen LogP contribution in [0.25, 0.3) is 0 Å². The highest BCUT2D eigenvalue weighted by Crippen LogP contribution is 2.29. The molecule has 2 rings (SSSR count). The molecular weight excluding hydrogens is 230 g/mol. The topological polar surface area (TPSA) is 67.2 Å². The number of nitrogens with one attached hydrogen (secondary N) is 1. The molecule has 5 nitrogen and oxygen atoms in total. The summed E-state index contributed by atoms with van der Waals surface area (Å²) in [6, 6.07) is 0. The highest BCUT2D eigenvalue weighted by molar-refractivity contribution is 5.30. The second-order valence-corrected chi connectivity index (χ2v) is 5.06. The Bertz CT molecular complexity index is 444. The lowest BCUT2D eigenvalue weighted by Crippen LogP contribution is -2.31. The van der Waals surface area contributed by atoms with Crippen molar-refractivity contribution >= 4 is 5.82 Å². The maximum Gasteiger partial charge on any atom is 0.293 e. The standard InChI is InChI=1S/C13H21N3O2/c1-16-7-6-14-12(13(16)18)15-8-10-4-2-3-5-11(10)9-17/h6-7,10-11,17H,2-5,8-9H2,1H3,(H,14,15). The molecule has 1 fully saturated rings. The summed E-state index contributed by atoms with van der Waals surface area (Å²) in [5.41, 5.74) is -0.103. The zero-order chi connectivity index (χ0) is 13.0. The van der Waals surface area contributed by atoms with Crippen molar-refractivity contribution in [1.82, 2.24) is 9.55 Å². The minimum atomic E-state index is -0.103. The molecule has 0 aromatic carbocycles. The van der Waals surface area contributed by atoms with Crippen molar-refractivity contribution in [3.05, 3.63) is 22.7 Å². The molecule has 0 saturated heterocycles. The zero-order valence-electron chi connectivity index (χ0n) is 10.8. The average molecular weight is 251 g/mol. The molecule has 2 atom stereocenters. The van der Waals surface area contributed by atoms with Gasteiger partial charge in [0.1, 0.15) is 0 Å². The highest BCUT2D eigenvalue weighted by Gasteiger charge is 2.24. The lowest BCUT2D eigenvalue weighted by Gasteiger charge is -2.30. The smallest absolute Gasteiger partial charge is 0.293 e. The van der Waals surface area contributed by atoms with Crippen molar-refractivity contribution in [2.45, 2.75) is 25.7 Å². The Hall–Kier alpha value is -1.36. The van der Waals surface area contributed by atoms with Crippen molar-refractivity contribution in [3.63, 3.8) is 0 Å². The van der Waals surface area contributed by atoms with Crippen LogP contribution in [0, 0.1) is 11.8 Å². The Morgan fingerprint density at radius 3 is 2.89 bits per heavy atom. The first kappa shape index (κ1) is 13.1. The lowest BCUT2D eigenvalue weighted by atomic mass is 9.79. The van der Waals surface area contributed by atoms with Crippen LogP contribution in [0.15, 0.2) is 17.2 Å². The van der Waals surface area contributed by atoms with Crippen molar-refractivity contribution in [3.8, 4) is 0 Å². The van der Waals surface area contributed by atoms with Gasteiger partial charge in [-0.25, -0.2) is 4.98 Å². The van der Waals surface area contributed by atoms with E-state index in [4.69, 9.17) is 0 Å². The van der Waals surface area contributed by atoms with Gasteiger partial charge in [0.15, 0.2) is 5.82 Å². The van der Waals surface area contributed by atoms with Gasteiger partial charge in [-0.15, -0.1) is 0 Å². The van der Waals surface area contributed by atoms with Crippen LogP contribution in [-0.4, -0.2) is 27.8 Å². The van der Waals surface area contributed by atoms with Crippen LogP contribution in [0.3, 0.4) is 0 Å². The van der Waals surface area contributed by atoms with Gasteiger partial charge in [0, 0.05) is 32.6 Å². The van der Waals surface area contributed by atoms with Gasteiger partial charge in [-0.2, -0.15) is 0 Å². The van der Waals surface area contributed by atoms with Crippen LogP contribution in [0.2, 0.25) is 0 Å². The van der Waals surface area contributed by atoms with Crippen LogP contribution in [-0.2, 0) is 7.05 Å². The molecule has 0 radical (unpaired) electrons. The average Bonchev–Trinajstić information content (AvgIpc) is 2.41. The Labute approximate surface area is 107 Å². The quantitative estimate of drug-likeness (QED) is 0.837. The summed E-state index contributed by atoms with van der Waals surface area (Å²) in [5, 5.41) is 12.5. The van der Waals surface area contributed by atoms with Gasteiger partial charge in [-0.3, -0.25) is 4.79 Å². The zero-order valence-corrected chi connectivity index (χ0v) is 10.8. The monoisotopic (exact) mass is 251 g/mol. The minimum Gasteiger partial charge on any atom is -0.396 e. The van der Waals surface area contributed by atoms with Crippen molar-refractivity contribution in [2.75, 3.05) is 18.5 Å². The molecule has 1 aromatic rings. The second-order valence-electron chi connectivity index (χ2n) is 5.06. The summed E-state index contributed by atoms with van der Waals surface area (Å²) < 4.78 is 1.51. The highest BCUT2D eigenvalue weighted by atomic mass is 16.3. The molecule has 1 aromatic heterocycles. The van der Waals surface area contributed by atoms with E-state index in [0.717, 1.165) is 19.4 Å². The van der Waals surface area contributed by atoms with Gasteiger partial charge in [-0.1, -0.05) is 12.8 Å². The van der Waals surface area contributed by atoms with Crippen LogP contribution >= 0.6 is 0 Å². The van der Waals surface area contributed by atoms with Gasteiger partial charge < -0.3 is 15.0 Å². The molecule has 1 saturated carbocycles. The largest absolute Gasteiger partial charge is 0.396 e. The minimum absolute atomic E-state index is 0.103. The van der Waals surface area contributed by atoms with Crippen LogP contribution in [0.1, 0.15) is 25.7 Å². The number of anilines is 1. The second kappa shape index (κ2) is 6.00. The molecule has 100 valence electrons. The Morgan fingerprint density at radius 2 is 2.17 bits per heavy atom. The van der Waals surface area contributed by atoms with Crippen molar-refractivity contribution < 1.29 is 5.11 Å². The van der Waals surface area contributed by atoms with Crippen LogP contribution in [0.4, 0.5) is 5.82 Å². The molecule has 0 spiro atoms. The van der Waals surface area contributed by atoms with E-state index in [2.05, 4.69) is 10.3 Å². The molecule has 0 bridgehead atoms. The van der Waals surface area contributed by atoms with Crippen molar-refractivity contribution in [2.24, 2.45) is 18.9 Å². The molecule has 0 amide bonds. The third kappa shape index (κ3) is 2.90. The maximum atomic E-state index is 11.8. The Balaban J connectivity index is 1.98. The number of aryl methyl sites for hydroxylation is 1. The van der Waals surface area contributed by atoms with E-state index in [9.17, 15) is 9.90 Å². The predicted octanol–water partition coefficient (Wildman–Crippen LogP) is 0.991. The van der Waals surface area contributed by atoms with Gasteiger partial charge >= 0.3 is 0 Å². The SMILES string of the molecule is Cn1ccnc(NCC2CCCCC2CO)c1=O. The van der Waals surface area contributed by atoms with Crippen LogP contribution < -0.4 is 10.9 Å². The first-order valence-electron chi connectivity index (χ1n) is 6.58. The molecule has 5 heteroatoms. The Kier molecular flexibility index (Phi) is 4.36. The molecule has 1 aliphatic rings. The summed E-state index contributed by atoms with van der Waals surface area (Å²) in [4.78, 5) is 15.8. The maximum absolute atomic E-state index is 11.8. The molecule has 1 aliphatic carbocycles. The molecule has 18 heavy (non-hydrogen) atoms. The fourth-order valence-corrected chi connectivity index (χ4v) is 2.64. The summed E-state index contributed by atoms with van der Waals surface area (Å²) >= 11 is 0. The van der Waals surface area contributed by atoms with Crippen molar-refractivity contribution in [1.29, 1.82) is 0 Å². The number of hydrogen-bond donors (Lipinski definition) is 2.